The maximum absolute atomic E-state index is 12.8. The third-order valence-electron chi connectivity index (χ3n) is 3.62. The first-order chi connectivity index (χ1) is 10.6. The van der Waals surface area contributed by atoms with Crippen LogP contribution in [0.2, 0.25) is 0 Å². The van der Waals surface area contributed by atoms with Gasteiger partial charge in [-0.3, -0.25) is 9.59 Å². The Morgan fingerprint density at radius 3 is 2.59 bits per heavy atom. The predicted molar refractivity (Wildman–Crippen MR) is 82.1 cm³/mol. The average molecular weight is 298 g/mol. The molecule has 0 spiro atoms. The van der Waals surface area contributed by atoms with Crippen molar-refractivity contribution in [2.75, 3.05) is 16.8 Å². The summed E-state index contributed by atoms with van der Waals surface area (Å²) in [4.78, 5) is 25.7. The van der Waals surface area contributed by atoms with Crippen molar-refractivity contribution >= 4 is 23.2 Å². The summed E-state index contributed by atoms with van der Waals surface area (Å²) in [6, 6.07) is 13.1. The van der Waals surface area contributed by atoms with Gasteiger partial charge in [0.15, 0.2) is 0 Å². The number of halogens is 1. The van der Waals surface area contributed by atoms with Crippen LogP contribution in [0, 0.1) is 5.82 Å². The van der Waals surface area contributed by atoms with E-state index >= 15 is 0 Å². The molecular formula is C17H15FN2O2. The Morgan fingerprint density at radius 2 is 1.82 bits per heavy atom. The van der Waals surface area contributed by atoms with Gasteiger partial charge in [-0.05, 0) is 42.3 Å². The molecular weight excluding hydrogens is 283 g/mol. The second-order valence-electron chi connectivity index (χ2n) is 5.16. The van der Waals surface area contributed by atoms with E-state index in [1.807, 2.05) is 24.3 Å². The number of carbonyl (C=O) groups is 2. The molecule has 2 amide bonds. The van der Waals surface area contributed by atoms with Gasteiger partial charge < -0.3 is 10.2 Å². The van der Waals surface area contributed by atoms with E-state index in [1.165, 1.54) is 29.2 Å². The number of benzene rings is 2. The molecule has 1 N–H and O–H groups in total. The van der Waals surface area contributed by atoms with E-state index in [4.69, 9.17) is 0 Å². The number of rotatable bonds is 3. The first-order valence-electron chi connectivity index (χ1n) is 7.07. The van der Waals surface area contributed by atoms with Crippen molar-refractivity contribution in [3.63, 3.8) is 0 Å². The van der Waals surface area contributed by atoms with E-state index in [9.17, 15) is 14.0 Å². The quantitative estimate of drug-likeness (QED) is 0.947. The fourth-order valence-electron chi connectivity index (χ4n) is 2.55. The van der Waals surface area contributed by atoms with Crippen molar-refractivity contribution in [3.8, 4) is 0 Å². The lowest BCUT2D eigenvalue weighted by atomic mass is 10.0. The number of hydrogen-bond donors (Lipinski definition) is 1. The lowest BCUT2D eigenvalue weighted by molar-refractivity contribution is -0.121. The molecule has 112 valence electrons. The Hall–Kier alpha value is -2.69. The number of hydrogen-bond acceptors (Lipinski definition) is 2. The molecule has 0 aliphatic carbocycles. The molecule has 0 atom stereocenters. The minimum Gasteiger partial charge on any atom is -0.325 e. The molecule has 2 aromatic rings. The highest BCUT2D eigenvalue weighted by Gasteiger charge is 2.25. The van der Waals surface area contributed by atoms with Crippen molar-refractivity contribution in [2.45, 2.75) is 12.8 Å². The van der Waals surface area contributed by atoms with Crippen LogP contribution in [0.5, 0.6) is 0 Å². The van der Waals surface area contributed by atoms with Crippen LogP contribution in [-0.4, -0.2) is 18.4 Å². The van der Waals surface area contributed by atoms with Crippen molar-refractivity contribution in [2.24, 2.45) is 0 Å². The molecule has 0 aromatic heterocycles. The molecule has 1 aliphatic heterocycles. The Labute approximate surface area is 127 Å². The highest BCUT2D eigenvalue weighted by atomic mass is 19.1. The summed E-state index contributed by atoms with van der Waals surface area (Å²) < 4.78 is 12.8. The summed E-state index contributed by atoms with van der Waals surface area (Å²) in [7, 11) is 0. The number of fused-ring (bicyclic) bond motifs is 1. The average Bonchev–Trinajstić information content (AvgIpc) is 2.52. The minimum atomic E-state index is -0.363. The van der Waals surface area contributed by atoms with E-state index in [1.54, 1.807) is 0 Å². The van der Waals surface area contributed by atoms with Gasteiger partial charge >= 0.3 is 0 Å². The summed E-state index contributed by atoms with van der Waals surface area (Å²) >= 11 is 0. The van der Waals surface area contributed by atoms with E-state index in [-0.39, 0.29) is 24.2 Å². The van der Waals surface area contributed by atoms with Crippen LogP contribution in [0.3, 0.4) is 0 Å². The third-order valence-corrected chi connectivity index (χ3v) is 3.62. The summed E-state index contributed by atoms with van der Waals surface area (Å²) in [6.07, 6.45) is 1.10. The standard InChI is InChI=1S/C17H15FN2O2/c18-13-6-8-14(9-7-13)19-16(21)11-20-15-4-2-1-3-12(15)5-10-17(20)22/h1-4,6-9H,5,10-11H2,(H,19,21). The Balaban J connectivity index is 1.73. The van der Waals surface area contributed by atoms with Crippen LogP contribution in [0.1, 0.15) is 12.0 Å². The van der Waals surface area contributed by atoms with Gasteiger partial charge in [-0.2, -0.15) is 0 Å². The van der Waals surface area contributed by atoms with Crippen LogP contribution < -0.4 is 10.2 Å². The molecule has 0 saturated carbocycles. The van der Waals surface area contributed by atoms with Crippen LogP contribution in [0.4, 0.5) is 15.8 Å². The van der Waals surface area contributed by atoms with Gasteiger partial charge in [0.1, 0.15) is 12.4 Å². The van der Waals surface area contributed by atoms with E-state index in [2.05, 4.69) is 5.32 Å². The zero-order valence-electron chi connectivity index (χ0n) is 11.9. The SMILES string of the molecule is O=C(CN1C(=O)CCc2ccccc21)Nc1ccc(F)cc1. The second-order valence-corrected chi connectivity index (χ2v) is 5.16. The molecule has 0 bridgehead atoms. The molecule has 0 saturated heterocycles. The number of carbonyl (C=O) groups excluding carboxylic acids is 2. The molecule has 5 heteroatoms. The van der Waals surface area contributed by atoms with Gasteiger partial charge in [0.25, 0.3) is 0 Å². The first kappa shape index (κ1) is 14.3. The van der Waals surface area contributed by atoms with Crippen LogP contribution in [0.15, 0.2) is 48.5 Å². The molecule has 2 aromatic carbocycles. The molecule has 3 rings (SSSR count). The Morgan fingerprint density at radius 1 is 1.09 bits per heavy atom. The number of nitrogens with zero attached hydrogens (tertiary/aromatic N) is 1. The maximum atomic E-state index is 12.8. The third kappa shape index (κ3) is 2.98. The minimum absolute atomic E-state index is 0.0484. The van der Waals surface area contributed by atoms with Crippen LogP contribution in [-0.2, 0) is 16.0 Å². The van der Waals surface area contributed by atoms with Gasteiger partial charge in [-0.1, -0.05) is 18.2 Å². The molecule has 0 fully saturated rings. The molecule has 22 heavy (non-hydrogen) atoms. The van der Waals surface area contributed by atoms with E-state index < -0.39 is 0 Å². The van der Waals surface area contributed by atoms with Crippen molar-refractivity contribution < 1.29 is 14.0 Å². The van der Waals surface area contributed by atoms with Crippen LogP contribution >= 0.6 is 0 Å². The highest BCUT2D eigenvalue weighted by Crippen LogP contribution is 2.27. The number of para-hydroxylation sites is 1. The summed E-state index contributed by atoms with van der Waals surface area (Å²) in [5.74, 6) is -0.734. The zero-order chi connectivity index (χ0) is 15.5. The Bertz CT molecular complexity index is 713. The fraction of sp³-hybridized carbons (Fsp3) is 0.176. The topological polar surface area (TPSA) is 49.4 Å². The van der Waals surface area contributed by atoms with Crippen molar-refractivity contribution in [1.82, 2.24) is 0 Å². The number of nitrogens with one attached hydrogen (secondary N) is 1. The second kappa shape index (κ2) is 5.97. The molecule has 4 nitrogen and oxygen atoms in total. The van der Waals surface area contributed by atoms with E-state index in [0.717, 1.165) is 11.3 Å². The van der Waals surface area contributed by atoms with Gasteiger partial charge in [0.05, 0.1) is 0 Å². The summed E-state index contributed by atoms with van der Waals surface area (Å²) in [5, 5.41) is 2.67. The van der Waals surface area contributed by atoms with Crippen molar-refractivity contribution in [3.05, 3.63) is 59.9 Å². The predicted octanol–water partition coefficient (Wildman–Crippen LogP) is 2.74. The van der Waals surface area contributed by atoms with Gasteiger partial charge in [-0.15, -0.1) is 0 Å². The van der Waals surface area contributed by atoms with Gasteiger partial charge in [0, 0.05) is 17.8 Å². The lowest BCUT2D eigenvalue weighted by Crippen LogP contribution is -2.40. The van der Waals surface area contributed by atoms with Crippen molar-refractivity contribution in [1.29, 1.82) is 0 Å². The first-order valence-corrected chi connectivity index (χ1v) is 7.07. The summed E-state index contributed by atoms with van der Waals surface area (Å²) in [6.45, 7) is -0.0484. The van der Waals surface area contributed by atoms with Gasteiger partial charge in [-0.25, -0.2) is 4.39 Å². The molecule has 1 aliphatic rings. The number of amides is 2. The molecule has 0 unspecified atom stereocenters. The largest absolute Gasteiger partial charge is 0.325 e. The smallest absolute Gasteiger partial charge is 0.244 e. The zero-order valence-corrected chi connectivity index (χ0v) is 11.9. The van der Waals surface area contributed by atoms with Crippen LogP contribution in [0.25, 0.3) is 0 Å². The lowest BCUT2D eigenvalue weighted by Gasteiger charge is -2.28. The monoisotopic (exact) mass is 298 g/mol. The van der Waals surface area contributed by atoms with Gasteiger partial charge in [0.2, 0.25) is 11.8 Å². The molecule has 0 radical (unpaired) electrons. The molecule has 1 heterocycles. The summed E-state index contributed by atoms with van der Waals surface area (Å²) in [5.41, 5.74) is 2.36. The highest BCUT2D eigenvalue weighted by molar-refractivity contribution is 6.04. The fourth-order valence-corrected chi connectivity index (χ4v) is 2.55. The number of anilines is 2. The maximum Gasteiger partial charge on any atom is 0.244 e. The Kier molecular flexibility index (Phi) is 3.87. The van der Waals surface area contributed by atoms with E-state index in [0.29, 0.717) is 18.5 Å². The number of aryl methyl sites for hydroxylation is 1. The normalized spacial score (nSPS) is 13.7.